The number of nitrogens with one attached hydrogen (secondary N) is 2. The summed E-state index contributed by atoms with van der Waals surface area (Å²) >= 11 is 0. The van der Waals surface area contributed by atoms with Gasteiger partial charge in [-0.1, -0.05) is 12.1 Å². The molecule has 1 aromatic heterocycles. The van der Waals surface area contributed by atoms with Gasteiger partial charge >= 0.3 is 6.09 Å². The van der Waals surface area contributed by atoms with Crippen LogP contribution in [0.4, 0.5) is 16.6 Å². The Balaban J connectivity index is 1.49. The fraction of sp³-hybridized carbons (Fsp3) is 0.474. The summed E-state index contributed by atoms with van der Waals surface area (Å²) in [6, 6.07) is 8.03. The van der Waals surface area contributed by atoms with E-state index in [0.717, 1.165) is 24.2 Å². The van der Waals surface area contributed by atoms with Crippen molar-refractivity contribution in [2.24, 2.45) is 0 Å². The fourth-order valence-electron chi connectivity index (χ4n) is 3.00. The highest BCUT2D eigenvalue weighted by atomic mass is 16.6. The van der Waals surface area contributed by atoms with Gasteiger partial charge in [-0.25, -0.2) is 4.79 Å². The van der Waals surface area contributed by atoms with E-state index in [9.17, 15) is 4.79 Å². The first-order chi connectivity index (χ1) is 13.7. The van der Waals surface area contributed by atoms with Gasteiger partial charge < -0.3 is 25.0 Å². The second-order valence-corrected chi connectivity index (χ2v) is 6.47. The van der Waals surface area contributed by atoms with E-state index >= 15 is 0 Å². The zero-order valence-corrected chi connectivity index (χ0v) is 16.2. The molecule has 1 amide bonds. The van der Waals surface area contributed by atoms with Crippen LogP contribution >= 0.6 is 0 Å². The lowest BCUT2D eigenvalue weighted by atomic mass is 10.1. The highest BCUT2D eigenvalue weighted by Crippen LogP contribution is 2.17. The van der Waals surface area contributed by atoms with Crippen molar-refractivity contribution in [3.8, 4) is 5.75 Å². The van der Waals surface area contributed by atoms with E-state index in [0.29, 0.717) is 38.0 Å². The Hall–Kier alpha value is -3.10. The summed E-state index contributed by atoms with van der Waals surface area (Å²) in [6.45, 7) is 4.13. The average Bonchev–Trinajstić information content (AvgIpc) is 2.73. The lowest BCUT2D eigenvalue weighted by Gasteiger charge is -2.31. The van der Waals surface area contributed by atoms with E-state index in [2.05, 4.69) is 25.8 Å². The van der Waals surface area contributed by atoms with Crippen LogP contribution in [0.2, 0.25) is 0 Å². The Labute approximate surface area is 164 Å². The molecule has 9 nitrogen and oxygen atoms in total. The van der Waals surface area contributed by atoms with Gasteiger partial charge in [0.2, 0.25) is 5.95 Å². The van der Waals surface area contributed by atoms with Gasteiger partial charge in [-0.05, 0) is 37.5 Å². The Morgan fingerprint density at radius 2 is 2.00 bits per heavy atom. The van der Waals surface area contributed by atoms with E-state index in [1.165, 1.54) is 0 Å². The van der Waals surface area contributed by atoms with Gasteiger partial charge in [-0.3, -0.25) is 0 Å². The summed E-state index contributed by atoms with van der Waals surface area (Å²) in [4.78, 5) is 18.0. The number of piperidine rings is 1. The summed E-state index contributed by atoms with van der Waals surface area (Å²) in [5.74, 6) is 1.95. The number of ether oxygens (including phenoxy) is 2. The van der Waals surface area contributed by atoms with Crippen LogP contribution in [0.15, 0.2) is 30.5 Å². The van der Waals surface area contributed by atoms with Crippen LogP contribution in [0, 0.1) is 0 Å². The SMILES string of the molecule is CCOC(=O)N1CCC(Nc2cnnc(NCc3ccc(OC)cc3)n2)CC1. The Morgan fingerprint density at radius 3 is 2.68 bits per heavy atom. The molecule has 0 bridgehead atoms. The van der Waals surface area contributed by atoms with Crippen LogP contribution in [0.25, 0.3) is 0 Å². The zero-order chi connectivity index (χ0) is 19.8. The molecule has 28 heavy (non-hydrogen) atoms. The van der Waals surface area contributed by atoms with E-state index in [1.54, 1.807) is 18.2 Å². The number of benzene rings is 1. The summed E-state index contributed by atoms with van der Waals surface area (Å²) < 4.78 is 10.2. The first-order valence-corrected chi connectivity index (χ1v) is 9.42. The third-order valence-electron chi connectivity index (χ3n) is 4.54. The third-order valence-corrected chi connectivity index (χ3v) is 4.54. The van der Waals surface area contributed by atoms with Gasteiger partial charge in [-0.2, -0.15) is 10.1 Å². The monoisotopic (exact) mass is 386 g/mol. The molecule has 9 heteroatoms. The molecule has 0 aliphatic carbocycles. The molecule has 2 aromatic rings. The molecular formula is C19H26N6O3. The number of rotatable bonds is 7. The minimum Gasteiger partial charge on any atom is -0.497 e. The number of methoxy groups -OCH3 is 1. The van der Waals surface area contributed by atoms with Gasteiger partial charge in [0.05, 0.1) is 19.9 Å². The maximum atomic E-state index is 11.8. The number of hydrogen-bond acceptors (Lipinski definition) is 8. The Morgan fingerprint density at radius 1 is 1.25 bits per heavy atom. The fourth-order valence-corrected chi connectivity index (χ4v) is 3.00. The molecule has 150 valence electrons. The second kappa shape index (κ2) is 9.72. The first-order valence-electron chi connectivity index (χ1n) is 9.42. The van der Waals surface area contributed by atoms with Crippen LogP contribution in [0.1, 0.15) is 25.3 Å². The van der Waals surface area contributed by atoms with Gasteiger partial charge in [0.15, 0.2) is 5.82 Å². The number of amides is 1. The number of carbonyl (C=O) groups is 1. The van der Waals surface area contributed by atoms with E-state index in [-0.39, 0.29) is 12.1 Å². The molecule has 2 heterocycles. The van der Waals surface area contributed by atoms with Crippen LogP contribution < -0.4 is 15.4 Å². The highest BCUT2D eigenvalue weighted by molar-refractivity contribution is 5.67. The quantitative estimate of drug-likeness (QED) is 0.749. The lowest BCUT2D eigenvalue weighted by Crippen LogP contribution is -2.42. The molecule has 1 saturated heterocycles. The number of aromatic nitrogens is 3. The third kappa shape index (κ3) is 5.45. The number of hydrogen-bond donors (Lipinski definition) is 2. The smallest absolute Gasteiger partial charge is 0.409 e. The van der Waals surface area contributed by atoms with Crippen LogP contribution in [0.5, 0.6) is 5.75 Å². The molecule has 0 spiro atoms. The molecular weight excluding hydrogens is 360 g/mol. The van der Waals surface area contributed by atoms with Gasteiger partial charge in [-0.15, -0.1) is 5.10 Å². The van der Waals surface area contributed by atoms with Crippen molar-refractivity contribution < 1.29 is 14.3 Å². The van der Waals surface area contributed by atoms with Crippen molar-refractivity contribution in [2.45, 2.75) is 32.4 Å². The molecule has 3 rings (SSSR count). The lowest BCUT2D eigenvalue weighted by molar-refractivity contribution is 0.0983. The molecule has 1 aliphatic rings. The number of nitrogens with zero attached hydrogens (tertiary/aromatic N) is 4. The second-order valence-electron chi connectivity index (χ2n) is 6.47. The van der Waals surface area contributed by atoms with E-state index in [1.807, 2.05) is 31.2 Å². The number of likely N-dealkylation sites (tertiary alicyclic amines) is 1. The minimum absolute atomic E-state index is 0.233. The van der Waals surface area contributed by atoms with Gasteiger partial charge in [0, 0.05) is 25.7 Å². The van der Waals surface area contributed by atoms with Crippen molar-refractivity contribution in [1.82, 2.24) is 20.1 Å². The molecule has 1 fully saturated rings. The van der Waals surface area contributed by atoms with Crippen molar-refractivity contribution in [2.75, 3.05) is 37.4 Å². The van der Waals surface area contributed by atoms with Crippen LogP contribution in [-0.4, -0.2) is 59.0 Å². The highest BCUT2D eigenvalue weighted by Gasteiger charge is 2.23. The predicted octanol–water partition coefficient (Wildman–Crippen LogP) is 2.53. The van der Waals surface area contributed by atoms with E-state index in [4.69, 9.17) is 9.47 Å². The van der Waals surface area contributed by atoms with E-state index < -0.39 is 0 Å². The summed E-state index contributed by atoms with van der Waals surface area (Å²) in [6.07, 6.45) is 3.03. The molecule has 0 radical (unpaired) electrons. The first kappa shape index (κ1) is 19.7. The standard InChI is InChI=1S/C19H26N6O3/c1-3-28-19(26)25-10-8-15(9-11-25)22-17-13-21-24-18(23-17)20-12-14-4-6-16(27-2)7-5-14/h4-7,13,15H,3,8-12H2,1-2H3,(H2,20,22,23,24). The summed E-state index contributed by atoms with van der Waals surface area (Å²) in [5.41, 5.74) is 1.09. The van der Waals surface area contributed by atoms with Gasteiger partial charge in [0.1, 0.15) is 5.75 Å². The van der Waals surface area contributed by atoms with Crippen LogP contribution in [-0.2, 0) is 11.3 Å². The normalized spacial score (nSPS) is 14.4. The largest absolute Gasteiger partial charge is 0.497 e. The maximum absolute atomic E-state index is 11.8. The Bertz CT molecular complexity index is 763. The molecule has 0 unspecified atom stereocenters. The predicted molar refractivity (Wildman–Crippen MR) is 105 cm³/mol. The molecule has 2 N–H and O–H groups in total. The van der Waals surface area contributed by atoms with Gasteiger partial charge in [0.25, 0.3) is 0 Å². The summed E-state index contributed by atoms with van der Waals surface area (Å²) in [5, 5.41) is 14.6. The zero-order valence-electron chi connectivity index (χ0n) is 16.2. The molecule has 1 aromatic carbocycles. The Kier molecular flexibility index (Phi) is 6.83. The number of carbonyl (C=O) groups excluding carboxylic acids is 1. The van der Waals surface area contributed by atoms with Crippen molar-refractivity contribution in [1.29, 1.82) is 0 Å². The van der Waals surface area contributed by atoms with Crippen molar-refractivity contribution in [3.05, 3.63) is 36.0 Å². The van der Waals surface area contributed by atoms with Crippen LogP contribution in [0.3, 0.4) is 0 Å². The molecule has 0 atom stereocenters. The number of anilines is 2. The topological polar surface area (TPSA) is 102 Å². The summed E-state index contributed by atoms with van der Waals surface area (Å²) in [7, 11) is 1.64. The van der Waals surface area contributed by atoms with Crippen molar-refractivity contribution >= 4 is 17.9 Å². The minimum atomic E-state index is -0.241. The average molecular weight is 386 g/mol. The molecule has 0 saturated carbocycles. The molecule has 1 aliphatic heterocycles. The maximum Gasteiger partial charge on any atom is 0.409 e. The van der Waals surface area contributed by atoms with Crippen molar-refractivity contribution in [3.63, 3.8) is 0 Å².